The highest BCUT2D eigenvalue weighted by Crippen LogP contribution is 2.19. The fourth-order valence-corrected chi connectivity index (χ4v) is 1.91. The molecule has 1 heterocycles. The minimum absolute atomic E-state index is 0.0150. The summed E-state index contributed by atoms with van der Waals surface area (Å²) in [6.07, 6.45) is 1.59. The Morgan fingerprint density at radius 3 is 2.61 bits per heavy atom. The first-order valence-electron chi connectivity index (χ1n) is 5.42. The molecule has 0 aliphatic carbocycles. The van der Waals surface area contributed by atoms with Gasteiger partial charge in [-0.3, -0.25) is 9.78 Å². The third-order valence-corrected chi connectivity index (χ3v) is 2.84. The summed E-state index contributed by atoms with van der Waals surface area (Å²) in [5, 5.41) is 0.262. The maximum absolute atomic E-state index is 13.7. The highest BCUT2D eigenvalue weighted by Gasteiger charge is 2.17. The van der Waals surface area contributed by atoms with Gasteiger partial charge in [-0.2, -0.15) is 0 Å². The van der Waals surface area contributed by atoms with Crippen LogP contribution in [0.3, 0.4) is 0 Å². The molecule has 0 bridgehead atoms. The monoisotopic (exact) mass is 263 g/mol. The number of ketones is 1. The van der Waals surface area contributed by atoms with E-state index in [9.17, 15) is 9.18 Å². The van der Waals surface area contributed by atoms with E-state index in [0.29, 0.717) is 0 Å². The van der Waals surface area contributed by atoms with Crippen LogP contribution in [0.2, 0.25) is 5.02 Å². The minimum Gasteiger partial charge on any atom is -0.287 e. The van der Waals surface area contributed by atoms with Crippen molar-refractivity contribution >= 4 is 17.4 Å². The molecule has 0 N–H and O–H groups in total. The zero-order valence-electron chi connectivity index (χ0n) is 10.00. The van der Waals surface area contributed by atoms with E-state index < -0.39 is 11.6 Å². The third-order valence-electron chi connectivity index (χ3n) is 2.61. The van der Waals surface area contributed by atoms with Gasteiger partial charge < -0.3 is 0 Å². The van der Waals surface area contributed by atoms with E-state index in [1.54, 1.807) is 13.1 Å². The Hall–Kier alpha value is -1.74. The first-order valence-corrected chi connectivity index (χ1v) is 5.80. The van der Waals surface area contributed by atoms with Crippen LogP contribution in [0.1, 0.15) is 27.2 Å². The molecule has 1 aromatic carbocycles. The van der Waals surface area contributed by atoms with Crippen molar-refractivity contribution in [3.63, 3.8) is 0 Å². The lowest BCUT2D eigenvalue weighted by Crippen LogP contribution is -2.08. The number of nitrogens with zero attached hydrogens (tertiary/aromatic N) is 1. The summed E-state index contributed by atoms with van der Waals surface area (Å²) >= 11 is 5.65. The molecule has 2 nitrogen and oxygen atoms in total. The largest absolute Gasteiger partial charge is 0.287 e. The van der Waals surface area contributed by atoms with Crippen LogP contribution >= 0.6 is 11.6 Å². The number of benzene rings is 1. The molecule has 0 aliphatic heterocycles. The molecule has 0 radical (unpaired) electrons. The first-order chi connectivity index (χ1) is 8.49. The molecule has 92 valence electrons. The number of aryl methyl sites for hydroxylation is 2. The Morgan fingerprint density at radius 2 is 2.00 bits per heavy atom. The molecule has 0 spiro atoms. The van der Waals surface area contributed by atoms with E-state index >= 15 is 0 Å². The highest BCUT2D eigenvalue weighted by atomic mass is 35.5. The second kappa shape index (κ2) is 4.86. The molecular weight excluding hydrogens is 253 g/mol. The van der Waals surface area contributed by atoms with Gasteiger partial charge in [0.05, 0.1) is 5.56 Å². The highest BCUT2D eigenvalue weighted by molar-refractivity contribution is 6.30. The van der Waals surface area contributed by atoms with Gasteiger partial charge in [-0.05, 0) is 43.2 Å². The molecule has 0 unspecified atom stereocenters. The SMILES string of the molecule is Cc1cnc(C(=O)c2ccc(Cl)cc2F)c(C)c1. The smallest absolute Gasteiger partial charge is 0.214 e. The summed E-state index contributed by atoms with van der Waals surface area (Å²) in [6, 6.07) is 5.83. The van der Waals surface area contributed by atoms with Gasteiger partial charge in [-0.25, -0.2) is 4.39 Å². The summed E-state index contributed by atoms with van der Waals surface area (Å²) in [5.74, 6) is -1.06. The molecular formula is C14H11ClFNO. The molecule has 2 aromatic rings. The average molecular weight is 264 g/mol. The molecule has 4 heteroatoms. The van der Waals surface area contributed by atoms with Crippen LogP contribution in [-0.2, 0) is 0 Å². The molecule has 0 amide bonds. The van der Waals surface area contributed by atoms with E-state index in [1.165, 1.54) is 12.1 Å². The Bertz CT molecular complexity index is 572. The molecule has 0 atom stereocenters. The normalized spacial score (nSPS) is 10.4. The molecule has 0 saturated carbocycles. The number of carbonyl (C=O) groups is 1. The fourth-order valence-electron chi connectivity index (χ4n) is 1.75. The van der Waals surface area contributed by atoms with Crippen molar-refractivity contribution in [1.29, 1.82) is 0 Å². The van der Waals surface area contributed by atoms with Crippen LogP contribution in [0.25, 0.3) is 0 Å². The summed E-state index contributed by atoms with van der Waals surface area (Å²) < 4.78 is 13.7. The van der Waals surface area contributed by atoms with Crippen LogP contribution < -0.4 is 0 Å². The molecule has 18 heavy (non-hydrogen) atoms. The number of halogens is 2. The van der Waals surface area contributed by atoms with Gasteiger partial charge in [0, 0.05) is 11.2 Å². The second-order valence-electron chi connectivity index (χ2n) is 4.13. The van der Waals surface area contributed by atoms with E-state index in [2.05, 4.69) is 4.98 Å². The van der Waals surface area contributed by atoms with Crippen LogP contribution in [0.4, 0.5) is 4.39 Å². The zero-order valence-corrected chi connectivity index (χ0v) is 10.8. The fraction of sp³-hybridized carbons (Fsp3) is 0.143. The molecule has 1 aromatic heterocycles. The molecule has 0 saturated heterocycles. The maximum Gasteiger partial charge on any atom is 0.214 e. The van der Waals surface area contributed by atoms with Crippen molar-refractivity contribution in [3.8, 4) is 0 Å². The Labute approximate surface area is 109 Å². The molecule has 2 rings (SSSR count). The second-order valence-corrected chi connectivity index (χ2v) is 4.57. The van der Waals surface area contributed by atoms with Crippen molar-refractivity contribution in [2.24, 2.45) is 0 Å². The minimum atomic E-state index is -0.630. The molecule has 0 fully saturated rings. The summed E-state index contributed by atoms with van der Waals surface area (Å²) in [5.41, 5.74) is 1.94. The van der Waals surface area contributed by atoms with Crippen molar-refractivity contribution in [3.05, 3.63) is 63.7 Å². The number of hydrogen-bond acceptors (Lipinski definition) is 2. The van der Waals surface area contributed by atoms with E-state index in [1.807, 2.05) is 13.0 Å². The van der Waals surface area contributed by atoms with Gasteiger partial charge in [-0.15, -0.1) is 0 Å². The lowest BCUT2D eigenvalue weighted by atomic mass is 10.0. The lowest BCUT2D eigenvalue weighted by Gasteiger charge is -2.06. The van der Waals surface area contributed by atoms with Crippen molar-refractivity contribution < 1.29 is 9.18 Å². The van der Waals surface area contributed by atoms with Crippen LogP contribution in [0.15, 0.2) is 30.5 Å². The number of rotatable bonds is 2. The van der Waals surface area contributed by atoms with Crippen LogP contribution in [0, 0.1) is 19.7 Å². The predicted molar refractivity (Wildman–Crippen MR) is 68.6 cm³/mol. The Morgan fingerprint density at radius 1 is 1.28 bits per heavy atom. The number of hydrogen-bond donors (Lipinski definition) is 0. The zero-order chi connectivity index (χ0) is 13.3. The van der Waals surface area contributed by atoms with Gasteiger partial charge in [-0.1, -0.05) is 17.7 Å². The van der Waals surface area contributed by atoms with Gasteiger partial charge >= 0.3 is 0 Å². The van der Waals surface area contributed by atoms with Gasteiger partial charge in [0.1, 0.15) is 11.5 Å². The van der Waals surface area contributed by atoms with E-state index in [-0.39, 0.29) is 16.3 Å². The van der Waals surface area contributed by atoms with Crippen LogP contribution in [-0.4, -0.2) is 10.8 Å². The third kappa shape index (κ3) is 2.41. The molecule has 0 aliphatic rings. The summed E-state index contributed by atoms with van der Waals surface area (Å²) in [4.78, 5) is 16.2. The van der Waals surface area contributed by atoms with Gasteiger partial charge in [0.25, 0.3) is 0 Å². The topological polar surface area (TPSA) is 30.0 Å². The number of pyridine rings is 1. The number of carbonyl (C=O) groups excluding carboxylic acids is 1. The van der Waals surface area contributed by atoms with Crippen molar-refractivity contribution in [2.75, 3.05) is 0 Å². The van der Waals surface area contributed by atoms with E-state index in [4.69, 9.17) is 11.6 Å². The van der Waals surface area contributed by atoms with E-state index in [0.717, 1.165) is 17.2 Å². The Kier molecular flexibility index (Phi) is 3.43. The number of aromatic nitrogens is 1. The quantitative estimate of drug-likeness (QED) is 0.773. The van der Waals surface area contributed by atoms with Crippen molar-refractivity contribution in [1.82, 2.24) is 4.98 Å². The summed E-state index contributed by atoms with van der Waals surface area (Å²) in [6.45, 7) is 3.66. The Balaban J connectivity index is 2.48. The maximum atomic E-state index is 13.7. The lowest BCUT2D eigenvalue weighted by molar-refractivity contribution is 0.103. The average Bonchev–Trinajstić information content (AvgIpc) is 2.28. The summed E-state index contributed by atoms with van der Waals surface area (Å²) in [7, 11) is 0. The van der Waals surface area contributed by atoms with Gasteiger partial charge in [0.2, 0.25) is 5.78 Å². The van der Waals surface area contributed by atoms with Crippen LogP contribution in [0.5, 0.6) is 0 Å². The van der Waals surface area contributed by atoms with Crippen molar-refractivity contribution in [2.45, 2.75) is 13.8 Å². The first kappa shape index (κ1) is 12.7. The van der Waals surface area contributed by atoms with Gasteiger partial charge in [0.15, 0.2) is 0 Å². The predicted octanol–water partition coefficient (Wildman–Crippen LogP) is 3.72. The standard InChI is InChI=1S/C14H11ClFNO/c1-8-5-9(2)13(17-7-8)14(18)11-4-3-10(15)6-12(11)16/h3-7H,1-2H3.